The average molecular weight is 248 g/mol. The highest BCUT2D eigenvalue weighted by atomic mass is 32.2. The maximum absolute atomic E-state index is 13.1. The summed E-state index contributed by atoms with van der Waals surface area (Å²) in [5, 5.41) is 7.58. The summed E-state index contributed by atoms with van der Waals surface area (Å²) in [6, 6.07) is 2.21. The molecule has 16 heavy (non-hydrogen) atoms. The molecule has 0 aliphatic carbocycles. The Bertz CT molecular complexity index is 489. The molecule has 0 saturated heterocycles. The van der Waals surface area contributed by atoms with Gasteiger partial charge in [0.25, 0.3) is 10.0 Å². The number of hydrogen-bond acceptors (Lipinski definition) is 4. The van der Waals surface area contributed by atoms with Crippen molar-refractivity contribution >= 4 is 16.0 Å². The van der Waals surface area contributed by atoms with E-state index < -0.39 is 26.8 Å². The molecule has 0 amide bonds. The Labute approximate surface area is 91.2 Å². The van der Waals surface area contributed by atoms with E-state index in [9.17, 15) is 17.6 Å². The smallest absolute Gasteiger partial charge is 0.304 e. The molecule has 6 nitrogen and oxygen atoms in total. The Balaban J connectivity index is 2.79. The topological polar surface area (TPSA) is 96.4 Å². The molecule has 2 N–H and O–H groups in total. The van der Waals surface area contributed by atoms with Crippen molar-refractivity contribution in [3.8, 4) is 0 Å². The van der Waals surface area contributed by atoms with Crippen LogP contribution in [0.25, 0.3) is 0 Å². The number of aromatic nitrogens is 1. The number of carbonyl (C=O) groups is 1. The zero-order valence-electron chi connectivity index (χ0n) is 8.05. The lowest BCUT2D eigenvalue weighted by atomic mass is 10.5. The van der Waals surface area contributed by atoms with E-state index in [1.54, 1.807) is 0 Å². The molecule has 0 aliphatic rings. The van der Waals surface area contributed by atoms with Crippen LogP contribution in [0.2, 0.25) is 0 Å². The summed E-state index contributed by atoms with van der Waals surface area (Å²) in [7, 11) is -4.09. The van der Waals surface area contributed by atoms with Crippen LogP contribution in [-0.4, -0.2) is 31.0 Å². The first-order valence-electron chi connectivity index (χ1n) is 4.25. The maximum atomic E-state index is 13.1. The van der Waals surface area contributed by atoms with Crippen molar-refractivity contribution < 1.29 is 22.7 Å². The van der Waals surface area contributed by atoms with Crippen molar-refractivity contribution in [3.63, 3.8) is 0 Å². The zero-order chi connectivity index (χ0) is 12.2. The molecule has 0 aromatic carbocycles. The number of rotatable bonds is 5. The standard InChI is InChI=1S/C8H9FN2O4S/c9-6-2-1-4-10-8(6)16(14,15)11-5-3-7(12)13/h1-2,4,11H,3,5H2,(H,12,13). The fourth-order valence-electron chi connectivity index (χ4n) is 0.930. The van der Waals surface area contributed by atoms with Crippen LogP contribution < -0.4 is 4.72 Å². The van der Waals surface area contributed by atoms with Gasteiger partial charge >= 0.3 is 5.97 Å². The third kappa shape index (κ3) is 3.24. The van der Waals surface area contributed by atoms with E-state index in [1.807, 2.05) is 4.72 Å². The predicted molar refractivity (Wildman–Crippen MR) is 51.6 cm³/mol. The van der Waals surface area contributed by atoms with Gasteiger partial charge in [-0.15, -0.1) is 0 Å². The second-order valence-corrected chi connectivity index (χ2v) is 4.51. The number of carboxylic acid groups (broad SMARTS) is 1. The van der Waals surface area contributed by atoms with Crippen molar-refractivity contribution in [2.75, 3.05) is 6.54 Å². The molecule has 88 valence electrons. The number of nitrogens with zero attached hydrogens (tertiary/aromatic N) is 1. The van der Waals surface area contributed by atoms with Crippen LogP contribution in [0, 0.1) is 5.82 Å². The fourth-order valence-corrected chi connectivity index (χ4v) is 1.96. The van der Waals surface area contributed by atoms with Crippen molar-refractivity contribution in [3.05, 3.63) is 24.1 Å². The van der Waals surface area contributed by atoms with E-state index in [0.29, 0.717) is 0 Å². The van der Waals surface area contributed by atoms with Gasteiger partial charge in [-0.1, -0.05) is 0 Å². The Kier molecular flexibility index (Phi) is 3.91. The van der Waals surface area contributed by atoms with Crippen molar-refractivity contribution in [2.24, 2.45) is 0 Å². The number of nitrogens with one attached hydrogen (secondary N) is 1. The van der Waals surface area contributed by atoms with Gasteiger partial charge in [-0.05, 0) is 12.1 Å². The van der Waals surface area contributed by atoms with Crippen LogP contribution >= 0.6 is 0 Å². The van der Waals surface area contributed by atoms with Gasteiger partial charge in [0, 0.05) is 12.7 Å². The molecule has 0 saturated carbocycles. The van der Waals surface area contributed by atoms with Crippen LogP contribution in [0.15, 0.2) is 23.4 Å². The number of hydrogen-bond donors (Lipinski definition) is 2. The van der Waals surface area contributed by atoms with Gasteiger partial charge in [0.05, 0.1) is 6.42 Å². The Morgan fingerprint density at radius 3 is 2.81 bits per heavy atom. The molecule has 0 aliphatic heterocycles. The van der Waals surface area contributed by atoms with Crippen molar-refractivity contribution in [1.82, 2.24) is 9.71 Å². The highest BCUT2D eigenvalue weighted by Crippen LogP contribution is 2.09. The summed E-state index contributed by atoms with van der Waals surface area (Å²) >= 11 is 0. The summed E-state index contributed by atoms with van der Waals surface area (Å²) in [6.07, 6.45) is 0.753. The lowest BCUT2D eigenvalue weighted by Crippen LogP contribution is -2.27. The SMILES string of the molecule is O=C(O)CCNS(=O)(=O)c1ncccc1F. The van der Waals surface area contributed by atoms with Gasteiger partial charge in [-0.25, -0.2) is 22.5 Å². The highest BCUT2D eigenvalue weighted by Gasteiger charge is 2.19. The van der Waals surface area contributed by atoms with Gasteiger partial charge in [-0.2, -0.15) is 0 Å². The lowest BCUT2D eigenvalue weighted by molar-refractivity contribution is -0.136. The molecule has 0 radical (unpaired) electrons. The van der Waals surface area contributed by atoms with Gasteiger partial charge in [-0.3, -0.25) is 4.79 Å². The molecule has 0 unspecified atom stereocenters. The number of halogens is 1. The molecule has 8 heteroatoms. The zero-order valence-corrected chi connectivity index (χ0v) is 8.87. The Morgan fingerprint density at radius 2 is 2.25 bits per heavy atom. The first-order valence-corrected chi connectivity index (χ1v) is 5.74. The quantitative estimate of drug-likeness (QED) is 0.763. The molecule has 0 fully saturated rings. The molecular weight excluding hydrogens is 239 g/mol. The minimum Gasteiger partial charge on any atom is -0.481 e. The van der Waals surface area contributed by atoms with E-state index in [4.69, 9.17) is 5.11 Å². The summed E-state index contributed by atoms with van der Waals surface area (Å²) < 4.78 is 37.9. The molecule has 0 bridgehead atoms. The second kappa shape index (κ2) is 4.99. The third-order valence-corrected chi connectivity index (χ3v) is 3.00. The van der Waals surface area contributed by atoms with E-state index >= 15 is 0 Å². The van der Waals surface area contributed by atoms with Gasteiger partial charge < -0.3 is 5.11 Å². The van der Waals surface area contributed by atoms with Gasteiger partial charge in [0.2, 0.25) is 5.03 Å². The Morgan fingerprint density at radius 1 is 1.56 bits per heavy atom. The first kappa shape index (κ1) is 12.5. The molecule has 0 spiro atoms. The molecule has 1 heterocycles. The van der Waals surface area contributed by atoms with E-state index in [0.717, 1.165) is 12.3 Å². The van der Waals surface area contributed by atoms with Crippen LogP contribution in [0.3, 0.4) is 0 Å². The normalized spacial score (nSPS) is 11.3. The highest BCUT2D eigenvalue weighted by molar-refractivity contribution is 7.89. The minimum atomic E-state index is -4.09. The van der Waals surface area contributed by atoms with Crippen LogP contribution in [0.4, 0.5) is 4.39 Å². The molecule has 1 aromatic rings. The average Bonchev–Trinajstić information content (AvgIpc) is 2.17. The number of carboxylic acids is 1. The van der Waals surface area contributed by atoms with Crippen LogP contribution in [0.1, 0.15) is 6.42 Å². The van der Waals surface area contributed by atoms with Crippen molar-refractivity contribution in [1.29, 1.82) is 0 Å². The summed E-state index contributed by atoms with van der Waals surface area (Å²) in [5.74, 6) is -2.13. The lowest BCUT2D eigenvalue weighted by Gasteiger charge is -2.04. The number of sulfonamides is 1. The minimum absolute atomic E-state index is 0.312. The molecule has 1 rings (SSSR count). The number of aliphatic carboxylic acids is 1. The van der Waals surface area contributed by atoms with Crippen LogP contribution in [0.5, 0.6) is 0 Å². The van der Waals surface area contributed by atoms with E-state index in [-0.39, 0.29) is 13.0 Å². The molecular formula is C8H9FN2O4S. The second-order valence-electron chi connectivity index (χ2n) is 2.83. The van der Waals surface area contributed by atoms with E-state index in [1.165, 1.54) is 6.07 Å². The molecule has 0 atom stereocenters. The van der Waals surface area contributed by atoms with Crippen LogP contribution in [-0.2, 0) is 14.8 Å². The summed E-state index contributed by atoms with van der Waals surface area (Å²) in [5.41, 5.74) is 0. The molecule has 1 aromatic heterocycles. The maximum Gasteiger partial charge on any atom is 0.304 e. The Hall–Kier alpha value is -1.54. The first-order chi connectivity index (χ1) is 7.43. The van der Waals surface area contributed by atoms with Crippen molar-refractivity contribution in [2.45, 2.75) is 11.4 Å². The third-order valence-electron chi connectivity index (χ3n) is 1.61. The number of pyridine rings is 1. The van der Waals surface area contributed by atoms with Gasteiger partial charge in [0.15, 0.2) is 5.82 Å². The van der Waals surface area contributed by atoms with Gasteiger partial charge in [0.1, 0.15) is 0 Å². The largest absolute Gasteiger partial charge is 0.481 e. The van der Waals surface area contributed by atoms with E-state index in [2.05, 4.69) is 4.98 Å². The fraction of sp³-hybridized carbons (Fsp3) is 0.250. The summed E-state index contributed by atoms with van der Waals surface area (Å²) in [4.78, 5) is 13.5. The predicted octanol–water partition coefficient (Wildman–Crippen LogP) is -0.0263. The summed E-state index contributed by atoms with van der Waals surface area (Å²) in [6.45, 7) is -0.312. The monoisotopic (exact) mass is 248 g/mol.